The molecule has 3 nitrogen and oxygen atoms in total. The molecule has 1 atom stereocenters. The Morgan fingerprint density at radius 1 is 1.31 bits per heavy atom. The molecule has 13 heavy (non-hydrogen) atoms. The van der Waals surface area contributed by atoms with Crippen LogP contribution in [0, 0.1) is 5.92 Å². The fourth-order valence-corrected chi connectivity index (χ4v) is 0.850. The average molecular weight is 186 g/mol. The second kappa shape index (κ2) is 6.89. The molecule has 0 fully saturated rings. The molecule has 0 heterocycles. The predicted molar refractivity (Wildman–Crippen MR) is 55.6 cm³/mol. The Morgan fingerprint density at radius 3 is 2.38 bits per heavy atom. The lowest BCUT2D eigenvalue weighted by molar-refractivity contribution is -0.121. The molecule has 0 aliphatic carbocycles. The van der Waals surface area contributed by atoms with Gasteiger partial charge in [-0.15, -0.1) is 0 Å². The molecule has 0 radical (unpaired) electrons. The van der Waals surface area contributed by atoms with Crippen molar-refractivity contribution in [2.24, 2.45) is 5.92 Å². The first kappa shape index (κ1) is 12.4. The third-order valence-electron chi connectivity index (χ3n) is 2.10. The van der Waals surface area contributed by atoms with Gasteiger partial charge < -0.3 is 10.6 Å². The summed E-state index contributed by atoms with van der Waals surface area (Å²) in [7, 11) is 0. The molecular formula is C10H22N2O. The van der Waals surface area contributed by atoms with Gasteiger partial charge in [-0.3, -0.25) is 4.79 Å². The first-order valence-corrected chi connectivity index (χ1v) is 5.08. The molecule has 1 amide bonds. The lowest BCUT2D eigenvalue weighted by atomic mass is 10.1. The largest absolute Gasteiger partial charge is 0.352 e. The zero-order valence-electron chi connectivity index (χ0n) is 9.18. The van der Waals surface area contributed by atoms with Crippen molar-refractivity contribution in [3.63, 3.8) is 0 Å². The summed E-state index contributed by atoms with van der Waals surface area (Å²) in [5, 5.41) is 6.00. The van der Waals surface area contributed by atoms with Gasteiger partial charge in [-0.05, 0) is 25.8 Å². The maximum Gasteiger partial charge on any atom is 0.234 e. The molecule has 3 heteroatoms. The summed E-state index contributed by atoms with van der Waals surface area (Å²) in [4.78, 5) is 11.3. The van der Waals surface area contributed by atoms with Crippen molar-refractivity contribution in [1.82, 2.24) is 10.6 Å². The normalized spacial score (nSPS) is 13.0. The van der Waals surface area contributed by atoms with Crippen LogP contribution in [0.15, 0.2) is 0 Å². The van der Waals surface area contributed by atoms with Gasteiger partial charge >= 0.3 is 0 Å². The van der Waals surface area contributed by atoms with Crippen molar-refractivity contribution in [3.05, 3.63) is 0 Å². The van der Waals surface area contributed by atoms with Crippen LogP contribution in [-0.2, 0) is 4.79 Å². The number of hydrogen-bond donors (Lipinski definition) is 2. The first-order valence-electron chi connectivity index (χ1n) is 5.08. The maximum absolute atomic E-state index is 11.3. The van der Waals surface area contributed by atoms with E-state index >= 15 is 0 Å². The zero-order chi connectivity index (χ0) is 10.3. The molecular weight excluding hydrogens is 164 g/mol. The van der Waals surface area contributed by atoms with Crippen molar-refractivity contribution < 1.29 is 4.79 Å². The molecule has 0 aromatic rings. The third-order valence-corrected chi connectivity index (χ3v) is 2.10. The number of rotatable bonds is 6. The van der Waals surface area contributed by atoms with E-state index in [1.807, 2.05) is 6.92 Å². The number of nitrogens with one attached hydrogen (secondary N) is 2. The van der Waals surface area contributed by atoms with Crippen LogP contribution in [-0.4, -0.2) is 25.0 Å². The second-order valence-electron chi connectivity index (χ2n) is 3.78. The summed E-state index contributed by atoms with van der Waals surface area (Å²) in [6.45, 7) is 9.66. The second-order valence-corrected chi connectivity index (χ2v) is 3.78. The molecule has 0 saturated carbocycles. The molecule has 0 rings (SSSR count). The number of carbonyl (C=O) groups excluding carboxylic acids is 1. The summed E-state index contributed by atoms with van der Waals surface area (Å²) in [5.41, 5.74) is 0. The van der Waals surface area contributed by atoms with E-state index in [0.29, 0.717) is 12.5 Å². The highest BCUT2D eigenvalue weighted by atomic mass is 16.1. The standard InChI is InChI=1S/C10H22N2O/c1-5-6-11-7-10(13)12-9(4)8(2)3/h8-9,11H,5-7H2,1-4H3,(H,12,13). The highest BCUT2D eigenvalue weighted by Crippen LogP contribution is 1.98. The van der Waals surface area contributed by atoms with Crippen molar-refractivity contribution >= 4 is 5.91 Å². The van der Waals surface area contributed by atoms with E-state index in [2.05, 4.69) is 31.4 Å². The zero-order valence-corrected chi connectivity index (χ0v) is 9.18. The quantitative estimate of drug-likeness (QED) is 0.611. The SMILES string of the molecule is CCCNCC(=O)NC(C)C(C)C. The number of hydrogen-bond acceptors (Lipinski definition) is 2. The molecule has 0 aliphatic heterocycles. The van der Waals surface area contributed by atoms with Crippen LogP contribution in [0.25, 0.3) is 0 Å². The lowest BCUT2D eigenvalue weighted by Crippen LogP contribution is -2.41. The Balaban J connectivity index is 3.50. The van der Waals surface area contributed by atoms with Crippen molar-refractivity contribution in [3.8, 4) is 0 Å². The summed E-state index contributed by atoms with van der Waals surface area (Å²) < 4.78 is 0. The van der Waals surface area contributed by atoms with Gasteiger partial charge in [0.25, 0.3) is 0 Å². The minimum Gasteiger partial charge on any atom is -0.352 e. The Bertz CT molecular complexity index is 146. The minimum absolute atomic E-state index is 0.0923. The molecule has 78 valence electrons. The molecule has 0 aromatic heterocycles. The van der Waals surface area contributed by atoms with Gasteiger partial charge in [0.2, 0.25) is 5.91 Å². The Kier molecular flexibility index (Phi) is 6.59. The summed E-state index contributed by atoms with van der Waals surface area (Å²) in [6, 6.07) is 0.260. The van der Waals surface area contributed by atoms with Crippen molar-refractivity contribution in [2.75, 3.05) is 13.1 Å². The van der Waals surface area contributed by atoms with Gasteiger partial charge in [-0.1, -0.05) is 20.8 Å². The number of amides is 1. The van der Waals surface area contributed by atoms with E-state index in [-0.39, 0.29) is 11.9 Å². The lowest BCUT2D eigenvalue weighted by Gasteiger charge is -2.17. The Hall–Kier alpha value is -0.570. The number of carbonyl (C=O) groups is 1. The summed E-state index contributed by atoms with van der Waals surface area (Å²) in [6.07, 6.45) is 1.06. The van der Waals surface area contributed by atoms with Gasteiger partial charge in [0.05, 0.1) is 6.54 Å². The van der Waals surface area contributed by atoms with E-state index in [1.165, 1.54) is 0 Å². The van der Waals surface area contributed by atoms with E-state index < -0.39 is 0 Å². The summed E-state index contributed by atoms with van der Waals surface area (Å²) >= 11 is 0. The monoisotopic (exact) mass is 186 g/mol. The Morgan fingerprint density at radius 2 is 1.92 bits per heavy atom. The fraction of sp³-hybridized carbons (Fsp3) is 0.900. The van der Waals surface area contributed by atoms with Crippen LogP contribution in [0.5, 0.6) is 0 Å². The summed E-state index contributed by atoms with van der Waals surface area (Å²) in [5.74, 6) is 0.588. The van der Waals surface area contributed by atoms with Gasteiger partial charge in [0.1, 0.15) is 0 Å². The van der Waals surface area contributed by atoms with Gasteiger partial charge in [0.15, 0.2) is 0 Å². The van der Waals surface area contributed by atoms with E-state index in [0.717, 1.165) is 13.0 Å². The van der Waals surface area contributed by atoms with Gasteiger partial charge in [-0.25, -0.2) is 0 Å². The highest BCUT2D eigenvalue weighted by Gasteiger charge is 2.09. The van der Waals surface area contributed by atoms with E-state index in [4.69, 9.17) is 0 Å². The molecule has 0 spiro atoms. The molecule has 1 unspecified atom stereocenters. The van der Waals surface area contributed by atoms with Gasteiger partial charge in [-0.2, -0.15) is 0 Å². The molecule has 0 saturated heterocycles. The molecule has 0 bridgehead atoms. The molecule has 2 N–H and O–H groups in total. The first-order chi connectivity index (χ1) is 6.07. The molecule has 0 aliphatic rings. The topological polar surface area (TPSA) is 41.1 Å². The minimum atomic E-state index is 0.0923. The van der Waals surface area contributed by atoms with E-state index in [1.54, 1.807) is 0 Å². The predicted octanol–water partition coefficient (Wildman–Crippen LogP) is 1.15. The average Bonchev–Trinajstić information content (AvgIpc) is 2.04. The van der Waals surface area contributed by atoms with Crippen LogP contribution in [0.1, 0.15) is 34.1 Å². The van der Waals surface area contributed by atoms with E-state index in [9.17, 15) is 4.79 Å². The van der Waals surface area contributed by atoms with Crippen LogP contribution >= 0.6 is 0 Å². The molecule has 0 aromatic carbocycles. The van der Waals surface area contributed by atoms with Crippen LogP contribution in [0.2, 0.25) is 0 Å². The van der Waals surface area contributed by atoms with Crippen molar-refractivity contribution in [1.29, 1.82) is 0 Å². The maximum atomic E-state index is 11.3. The highest BCUT2D eigenvalue weighted by molar-refractivity contribution is 5.78. The smallest absolute Gasteiger partial charge is 0.234 e. The van der Waals surface area contributed by atoms with Crippen molar-refractivity contribution in [2.45, 2.75) is 40.2 Å². The van der Waals surface area contributed by atoms with Crippen LogP contribution < -0.4 is 10.6 Å². The van der Waals surface area contributed by atoms with Crippen LogP contribution in [0.3, 0.4) is 0 Å². The Labute approximate surface area is 81.3 Å². The fourth-order valence-electron chi connectivity index (χ4n) is 0.850. The van der Waals surface area contributed by atoms with Crippen LogP contribution in [0.4, 0.5) is 0 Å². The van der Waals surface area contributed by atoms with Gasteiger partial charge in [0, 0.05) is 6.04 Å². The third kappa shape index (κ3) is 6.58.